The SMILES string of the molecule is CNC1(CN2CCCC2)CCOCC1. The number of rotatable bonds is 3. The number of likely N-dealkylation sites (N-methyl/N-ethyl adjacent to an activating group) is 1. The molecular weight excluding hydrogens is 176 g/mol. The number of nitrogens with one attached hydrogen (secondary N) is 1. The van der Waals surface area contributed by atoms with Gasteiger partial charge in [-0.05, 0) is 45.8 Å². The van der Waals surface area contributed by atoms with Crippen LogP contribution < -0.4 is 5.32 Å². The Bertz CT molecular complexity index is 172. The summed E-state index contributed by atoms with van der Waals surface area (Å²) in [6.45, 7) is 5.66. The van der Waals surface area contributed by atoms with Crippen molar-refractivity contribution in [1.29, 1.82) is 0 Å². The highest BCUT2D eigenvalue weighted by atomic mass is 16.5. The second-order valence-corrected chi connectivity index (χ2v) is 4.63. The van der Waals surface area contributed by atoms with Gasteiger partial charge in [-0.15, -0.1) is 0 Å². The quantitative estimate of drug-likeness (QED) is 0.727. The van der Waals surface area contributed by atoms with E-state index in [4.69, 9.17) is 4.74 Å². The largest absolute Gasteiger partial charge is 0.381 e. The second-order valence-electron chi connectivity index (χ2n) is 4.63. The highest BCUT2D eigenvalue weighted by Crippen LogP contribution is 2.23. The first-order chi connectivity index (χ1) is 6.85. The lowest BCUT2D eigenvalue weighted by atomic mass is 9.89. The van der Waals surface area contributed by atoms with Crippen LogP contribution in [0.5, 0.6) is 0 Å². The van der Waals surface area contributed by atoms with Crippen molar-refractivity contribution in [2.45, 2.75) is 31.2 Å². The van der Waals surface area contributed by atoms with E-state index in [0.29, 0.717) is 5.54 Å². The molecule has 2 heterocycles. The molecule has 0 unspecified atom stereocenters. The molecule has 2 aliphatic heterocycles. The average molecular weight is 198 g/mol. The average Bonchev–Trinajstić information content (AvgIpc) is 2.72. The number of ether oxygens (including phenoxy) is 1. The Kier molecular flexibility index (Phi) is 3.42. The van der Waals surface area contributed by atoms with Gasteiger partial charge in [-0.1, -0.05) is 0 Å². The first-order valence-corrected chi connectivity index (χ1v) is 5.84. The standard InChI is InChI=1S/C11H22N2O/c1-12-11(4-8-14-9-5-11)10-13-6-2-3-7-13/h12H,2-10H2,1H3. The lowest BCUT2D eigenvalue weighted by Gasteiger charge is -2.39. The predicted molar refractivity (Wildman–Crippen MR) is 57.5 cm³/mol. The summed E-state index contributed by atoms with van der Waals surface area (Å²) in [5.74, 6) is 0. The Labute approximate surface area is 86.8 Å². The molecule has 0 bridgehead atoms. The maximum absolute atomic E-state index is 5.43. The van der Waals surface area contributed by atoms with Gasteiger partial charge in [-0.2, -0.15) is 0 Å². The summed E-state index contributed by atoms with van der Waals surface area (Å²) >= 11 is 0. The monoisotopic (exact) mass is 198 g/mol. The molecule has 0 amide bonds. The summed E-state index contributed by atoms with van der Waals surface area (Å²) in [4.78, 5) is 2.60. The number of hydrogen-bond acceptors (Lipinski definition) is 3. The molecule has 0 radical (unpaired) electrons. The van der Waals surface area contributed by atoms with Crippen LogP contribution in [-0.2, 0) is 4.74 Å². The smallest absolute Gasteiger partial charge is 0.0484 e. The van der Waals surface area contributed by atoms with Gasteiger partial charge in [0.1, 0.15) is 0 Å². The van der Waals surface area contributed by atoms with E-state index in [1.165, 1.54) is 45.3 Å². The summed E-state index contributed by atoms with van der Waals surface area (Å²) < 4.78 is 5.43. The summed E-state index contributed by atoms with van der Waals surface area (Å²) in [5.41, 5.74) is 0.336. The Morgan fingerprint density at radius 1 is 1.21 bits per heavy atom. The van der Waals surface area contributed by atoms with Gasteiger partial charge in [-0.25, -0.2) is 0 Å². The predicted octanol–water partition coefficient (Wildman–Crippen LogP) is 0.851. The topological polar surface area (TPSA) is 24.5 Å². The molecule has 2 saturated heterocycles. The van der Waals surface area contributed by atoms with Gasteiger partial charge in [0.05, 0.1) is 0 Å². The molecule has 3 heteroatoms. The number of likely N-dealkylation sites (tertiary alicyclic amines) is 1. The molecule has 1 N–H and O–H groups in total. The number of hydrogen-bond donors (Lipinski definition) is 1. The molecule has 0 aromatic carbocycles. The molecule has 82 valence electrons. The minimum Gasteiger partial charge on any atom is -0.381 e. The van der Waals surface area contributed by atoms with E-state index in [9.17, 15) is 0 Å². The molecule has 0 saturated carbocycles. The van der Waals surface area contributed by atoms with Crippen LogP contribution in [0.25, 0.3) is 0 Å². The highest BCUT2D eigenvalue weighted by molar-refractivity contribution is 4.92. The van der Waals surface area contributed by atoms with Gasteiger partial charge in [0.2, 0.25) is 0 Å². The van der Waals surface area contributed by atoms with Crippen LogP contribution in [-0.4, -0.2) is 50.3 Å². The maximum atomic E-state index is 5.43. The summed E-state index contributed by atoms with van der Waals surface area (Å²) in [6.07, 6.45) is 5.10. The molecular formula is C11H22N2O. The van der Waals surface area contributed by atoms with Crippen molar-refractivity contribution in [2.24, 2.45) is 0 Å². The van der Waals surface area contributed by atoms with E-state index in [2.05, 4.69) is 17.3 Å². The zero-order valence-corrected chi connectivity index (χ0v) is 9.22. The van der Waals surface area contributed by atoms with Crippen LogP contribution in [0.3, 0.4) is 0 Å². The van der Waals surface area contributed by atoms with Gasteiger partial charge < -0.3 is 15.0 Å². The zero-order valence-electron chi connectivity index (χ0n) is 9.22. The molecule has 0 aromatic rings. The van der Waals surface area contributed by atoms with Crippen LogP contribution in [0.4, 0.5) is 0 Å². The second kappa shape index (κ2) is 4.60. The van der Waals surface area contributed by atoms with E-state index in [-0.39, 0.29) is 0 Å². The van der Waals surface area contributed by atoms with Gasteiger partial charge in [0, 0.05) is 25.3 Å². The van der Waals surface area contributed by atoms with Gasteiger partial charge in [-0.3, -0.25) is 0 Å². The van der Waals surface area contributed by atoms with E-state index in [1.54, 1.807) is 0 Å². The molecule has 0 atom stereocenters. The van der Waals surface area contributed by atoms with Gasteiger partial charge in [0.15, 0.2) is 0 Å². The zero-order chi connectivity index (χ0) is 9.86. The van der Waals surface area contributed by atoms with Crippen LogP contribution in [0.15, 0.2) is 0 Å². The van der Waals surface area contributed by atoms with Crippen molar-refractivity contribution in [1.82, 2.24) is 10.2 Å². The number of nitrogens with zero attached hydrogens (tertiary/aromatic N) is 1. The van der Waals surface area contributed by atoms with Gasteiger partial charge in [0.25, 0.3) is 0 Å². The lowest BCUT2D eigenvalue weighted by molar-refractivity contribution is 0.0277. The van der Waals surface area contributed by atoms with Crippen molar-refractivity contribution in [2.75, 3.05) is 39.9 Å². The van der Waals surface area contributed by atoms with E-state index >= 15 is 0 Å². The molecule has 0 spiro atoms. The molecule has 14 heavy (non-hydrogen) atoms. The summed E-state index contributed by atoms with van der Waals surface area (Å²) in [6, 6.07) is 0. The van der Waals surface area contributed by atoms with E-state index in [1.807, 2.05) is 0 Å². The third-order valence-corrected chi connectivity index (χ3v) is 3.71. The Morgan fingerprint density at radius 3 is 2.43 bits per heavy atom. The maximum Gasteiger partial charge on any atom is 0.0484 e. The molecule has 0 aliphatic carbocycles. The Morgan fingerprint density at radius 2 is 1.86 bits per heavy atom. The van der Waals surface area contributed by atoms with E-state index in [0.717, 1.165) is 13.2 Å². The van der Waals surface area contributed by atoms with Crippen LogP contribution in [0, 0.1) is 0 Å². The fraction of sp³-hybridized carbons (Fsp3) is 1.00. The lowest BCUT2D eigenvalue weighted by Crippen LogP contribution is -2.54. The van der Waals surface area contributed by atoms with Crippen LogP contribution in [0.2, 0.25) is 0 Å². The van der Waals surface area contributed by atoms with Crippen molar-refractivity contribution in [3.8, 4) is 0 Å². The third kappa shape index (κ3) is 2.27. The first kappa shape index (κ1) is 10.4. The molecule has 2 fully saturated rings. The fourth-order valence-electron chi connectivity index (χ4n) is 2.62. The Balaban J connectivity index is 1.89. The summed E-state index contributed by atoms with van der Waals surface area (Å²) in [5, 5.41) is 3.52. The molecule has 0 aromatic heterocycles. The molecule has 2 aliphatic rings. The van der Waals surface area contributed by atoms with Crippen molar-refractivity contribution in [3.63, 3.8) is 0 Å². The molecule has 2 rings (SSSR count). The minimum absolute atomic E-state index is 0.336. The third-order valence-electron chi connectivity index (χ3n) is 3.71. The fourth-order valence-corrected chi connectivity index (χ4v) is 2.62. The Hall–Kier alpha value is -0.120. The normalized spacial score (nSPS) is 28.1. The molecule has 3 nitrogen and oxygen atoms in total. The van der Waals surface area contributed by atoms with Gasteiger partial charge >= 0.3 is 0 Å². The van der Waals surface area contributed by atoms with Crippen molar-refractivity contribution in [3.05, 3.63) is 0 Å². The minimum atomic E-state index is 0.336. The van der Waals surface area contributed by atoms with Crippen molar-refractivity contribution >= 4 is 0 Å². The van der Waals surface area contributed by atoms with Crippen LogP contribution in [0.1, 0.15) is 25.7 Å². The van der Waals surface area contributed by atoms with E-state index < -0.39 is 0 Å². The van der Waals surface area contributed by atoms with Crippen LogP contribution >= 0.6 is 0 Å². The van der Waals surface area contributed by atoms with Crippen molar-refractivity contribution < 1.29 is 4.74 Å². The first-order valence-electron chi connectivity index (χ1n) is 5.84. The summed E-state index contributed by atoms with van der Waals surface area (Å²) in [7, 11) is 2.10. The highest BCUT2D eigenvalue weighted by Gasteiger charge is 2.33.